The average Bonchev–Trinajstić information content (AvgIpc) is 2.27. The molecule has 0 unspecified atom stereocenters. The zero-order valence-electron chi connectivity index (χ0n) is 8.87. The highest BCUT2D eigenvalue weighted by Crippen LogP contribution is 2.32. The van der Waals surface area contributed by atoms with Gasteiger partial charge in [0.2, 0.25) is 0 Å². The second-order valence-corrected chi connectivity index (χ2v) is 3.56. The molecule has 18 heavy (non-hydrogen) atoms. The first-order valence-corrected chi connectivity index (χ1v) is 4.82. The SMILES string of the molecule is Nc1cc(C(F)(F)F)cc(-c2cncc(F)c2)n1. The highest BCUT2D eigenvalue weighted by Gasteiger charge is 2.31. The minimum absolute atomic E-state index is 0.0747. The van der Waals surface area contributed by atoms with E-state index in [1.807, 2.05) is 0 Å². The molecular formula is C11H7F4N3. The van der Waals surface area contributed by atoms with Crippen LogP contribution in [0.4, 0.5) is 23.4 Å². The molecule has 0 bridgehead atoms. The zero-order valence-corrected chi connectivity index (χ0v) is 8.87. The monoisotopic (exact) mass is 257 g/mol. The number of hydrogen-bond acceptors (Lipinski definition) is 3. The molecule has 2 aromatic rings. The number of anilines is 1. The highest BCUT2D eigenvalue weighted by molar-refractivity contribution is 5.61. The average molecular weight is 257 g/mol. The van der Waals surface area contributed by atoms with Crippen LogP contribution in [0.5, 0.6) is 0 Å². The summed E-state index contributed by atoms with van der Waals surface area (Å²) >= 11 is 0. The maximum absolute atomic E-state index is 12.9. The van der Waals surface area contributed by atoms with Gasteiger partial charge in [0.25, 0.3) is 0 Å². The van der Waals surface area contributed by atoms with Crippen molar-refractivity contribution in [1.82, 2.24) is 9.97 Å². The first-order chi connectivity index (χ1) is 8.36. The molecule has 0 aromatic carbocycles. The third-order valence-corrected chi connectivity index (χ3v) is 2.17. The quantitative estimate of drug-likeness (QED) is 0.799. The fraction of sp³-hybridized carbons (Fsp3) is 0.0909. The Labute approximate surface area is 99.3 Å². The first-order valence-electron chi connectivity index (χ1n) is 4.82. The second kappa shape index (κ2) is 4.25. The number of hydrogen-bond donors (Lipinski definition) is 1. The van der Waals surface area contributed by atoms with Crippen LogP contribution in [-0.2, 0) is 6.18 Å². The van der Waals surface area contributed by atoms with Gasteiger partial charge < -0.3 is 5.73 Å². The van der Waals surface area contributed by atoms with E-state index in [0.29, 0.717) is 0 Å². The summed E-state index contributed by atoms with van der Waals surface area (Å²) in [6, 6.07) is 2.55. The Kier molecular flexibility index (Phi) is 2.90. The Bertz CT molecular complexity index is 581. The summed E-state index contributed by atoms with van der Waals surface area (Å²) < 4.78 is 50.7. The maximum atomic E-state index is 12.9. The van der Waals surface area contributed by atoms with Gasteiger partial charge in [-0.25, -0.2) is 9.37 Å². The van der Waals surface area contributed by atoms with Crippen molar-refractivity contribution in [3.8, 4) is 11.3 Å². The fourth-order valence-electron chi connectivity index (χ4n) is 1.42. The molecule has 2 N–H and O–H groups in total. The van der Waals surface area contributed by atoms with Crippen LogP contribution < -0.4 is 5.73 Å². The number of alkyl halides is 3. The first kappa shape index (κ1) is 12.3. The number of aromatic nitrogens is 2. The van der Waals surface area contributed by atoms with E-state index in [4.69, 9.17) is 5.73 Å². The molecule has 0 amide bonds. The molecule has 2 rings (SSSR count). The Morgan fingerprint density at radius 2 is 1.78 bits per heavy atom. The Morgan fingerprint density at radius 1 is 1.06 bits per heavy atom. The second-order valence-electron chi connectivity index (χ2n) is 3.56. The predicted molar refractivity (Wildman–Crippen MR) is 56.8 cm³/mol. The Hall–Kier alpha value is -2.18. The van der Waals surface area contributed by atoms with Gasteiger partial charge in [0.05, 0.1) is 17.5 Å². The lowest BCUT2D eigenvalue weighted by Crippen LogP contribution is -2.07. The molecule has 0 aliphatic rings. The molecule has 0 radical (unpaired) electrons. The van der Waals surface area contributed by atoms with Crippen LogP contribution in [0.3, 0.4) is 0 Å². The number of nitrogen functional groups attached to an aromatic ring is 1. The third kappa shape index (κ3) is 2.55. The van der Waals surface area contributed by atoms with E-state index < -0.39 is 17.6 Å². The number of halogens is 4. The third-order valence-electron chi connectivity index (χ3n) is 2.17. The topological polar surface area (TPSA) is 51.8 Å². The van der Waals surface area contributed by atoms with Crippen molar-refractivity contribution in [2.75, 3.05) is 5.73 Å². The zero-order chi connectivity index (χ0) is 13.3. The molecule has 0 aliphatic carbocycles. The summed E-state index contributed by atoms with van der Waals surface area (Å²) in [5, 5.41) is 0. The molecular weight excluding hydrogens is 250 g/mol. The maximum Gasteiger partial charge on any atom is 0.416 e. The molecule has 7 heteroatoms. The lowest BCUT2D eigenvalue weighted by molar-refractivity contribution is -0.137. The summed E-state index contributed by atoms with van der Waals surface area (Å²) in [5.74, 6) is -0.950. The molecule has 0 fully saturated rings. The summed E-state index contributed by atoms with van der Waals surface area (Å²) in [7, 11) is 0. The van der Waals surface area contributed by atoms with E-state index in [2.05, 4.69) is 9.97 Å². The normalized spacial score (nSPS) is 11.6. The minimum Gasteiger partial charge on any atom is -0.384 e. The summed E-state index contributed by atoms with van der Waals surface area (Å²) in [6.45, 7) is 0. The van der Waals surface area contributed by atoms with Crippen molar-refractivity contribution >= 4 is 5.82 Å². The van der Waals surface area contributed by atoms with Crippen molar-refractivity contribution in [1.29, 1.82) is 0 Å². The minimum atomic E-state index is -4.54. The fourth-order valence-corrected chi connectivity index (χ4v) is 1.42. The van der Waals surface area contributed by atoms with Gasteiger partial charge in [0.15, 0.2) is 0 Å². The van der Waals surface area contributed by atoms with Crippen LogP contribution in [0.25, 0.3) is 11.3 Å². The standard InChI is InChI=1S/C11H7F4N3/c12-8-1-6(4-17-5-8)9-2-7(11(13,14)15)3-10(16)18-9/h1-5H,(H2,16,18). The number of nitrogens with two attached hydrogens (primary N) is 1. The van der Waals surface area contributed by atoms with Crippen LogP contribution in [0.1, 0.15) is 5.56 Å². The predicted octanol–water partition coefficient (Wildman–Crippen LogP) is 2.88. The van der Waals surface area contributed by atoms with Crippen molar-refractivity contribution in [2.45, 2.75) is 6.18 Å². The van der Waals surface area contributed by atoms with E-state index in [1.54, 1.807) is 0 Å². The van der Waals surface area contributed by atoms with E-state index in [1.165, 1.54) is 6.20 Å². The highest BCUT2D eigenvalue weighted by atomic mass is 19.4. The summed E-state index contributed by atoms with van der Waals surface area (Å²) in [5.41, 5.74) is 4.43. The molecule has 0 saturated heterocycles. The van der Waals surface area contributed by atoms with Crippen molar-refractivity contribution in [3.63, 3.8) is 0 Å². The van der Waals surface area contributed by atoms with E-state index in [9.17, 15) is 17.6 Å². The summed E-state index contributed by atoms with van der Waals surface area (Å²) in [4.78, 5) is 7.27. The van der Waals surface area contributed by atoms with Crippen LogP contribution >= 0.6 is 0 Å². The van der Waals surface area contributed by atoms with E-state index in [-0.39, 0.29) is 17.1 Å². The lowest BCUT2D eigenvalue weighted by Gasteiger charge is -2.09. The van der Waals surface area contributed by atoms with Gasteiger partial charge in [-0.2, -0.15) is 13.2 Å². The van der Waals surface area contributed by atoms with Crippen molar-refractivity contribution < 1.29 is 17.6 Å². The molecule has 94 valence electrons. The number of rotatable bonds is 1. The van der Waals surface area contributed by atoms with Crippen LogP contribution in [0, 0.1) is 5.82 Å². The smallest absolute Gasteiger partial charge is 0.384 e. The lowest BCUT2D eigenvalue weighted by atomic mass is 10.1. The molecule has 0 saturated carbocycles. The van der Waals surface area contributed by atoms with Crippen molar-refractivity contribution in [2.24, 2.45) is 0 Å². The molecule has 2 heterocycles. The Morgan fingerprint density at radius 3 is 2.39 bits per heavy atom. The van der Waals surface area contributed by atoms with Crippen LogP contribution in [0.2, 0.25) is 0 Å². The van der Waals surface area contributed by atoms with Gasteiger partial charge in [-0.3, -0.25) is 4.98 Å². The molecule has 0 atom stereocenters. The summed E-state index contributed by atoms with van der Waals surface area (Å²) in [6.07, 6.45) is -2.38. The molecule has 0 spiro atoms. The number of nitrogens with zero attached hydrogens (tertiary/aromatic N) is 2. The van der Waals surface area contributed by atoms with Crippen molar-refractivity contribution in [3.05, 3.63) is 42.0 Å². The van der Waals surface area contributed by atoms with Crippen LogP contribution in [0.15, 0.2) is 30.6 Å². The van der Waals surface area contributed by atoms with Gasteiger partial charge in [0.1, 0.15) is 11.6 Å². The van der Waals surface area contributed by atoms with Gasteiger partial charge in [-0.05, 0) is 18.2 Å². The van der Waals surface area contributed by atoms with Gasteiger partial charge in [0, 0.05) is 11.8 Å². The molecule has 0 aliphatic heterocycles. The molecule has 3 nitrogen and oxygen atoms in total. The number of pyridine rings is 2. The van der Waals surface area contributed by atoms with Crippen LogP contribution in [-0.4, -0.2) is 9.97 Å². The largest absolute Gasteiger partial charge is 0.416 e. The molecule has 2 aromatic heterocycles. The van der Waals surface area contributed by atoms with Gasteiger partial charge in [-0.1, -0.05) is 0 Å². The van der Waals surface area contributed by atoms with E-state index >= 15 is 0 Å². The van der Waals surface area contributed by atoms with Gasteiger partial charge in [-0.15, -0.1) is 0 Å². The van der Waals surface area contributed by atoms with Gasteiger partial charge >= 0.3 is 6.18 Å². The van der Waals surface area contributed by atoms with E-state index in [0.717, 1.165) is 24.4 Å². The Balaban J connectivity index is 2.55.